The fourth-order valence-electron chi connectivity index (χ4n) is 2.29. The number of hydrogen-bond donors (Lipinski definition) is 4. The molecule has 1 aromatic rings. The van der Waals surface area contributed by atoms with Gasteiger partial charge in [0.1, 0.15) is 6.04 Å². The van der Waals surface area contributed by atoms with Gasteiger partial charge in [-0.05, 0) is 17.5 Å². The van der Waals surface area contributed by atoms with E-state index >= 15 is 0 Å². The molecule has 0 saturated carbocycles. The summed E-state index contributed by atoms with van der Waals surface area (Å²) < 4.78 is 0. The molecular weight excluding hydrogens is 276 g/mol. The fourth-order valence-corrected chi connectivity index (χ4v) is 2.29. The van der Waals surface area contributed by atoms with Gasteiger partial charge in [0, 0.05) is 6.54 Å². The van der Waals surface area contributed by atoms with Crippen LogP contribution in [0.15, 0.2) is 24.3 Å². The van der Waals surface area contributed by atoms with E-state index in [1.54, 1.807) is 0 Å². The first-order chi connectivity index (χ1) is 9.97. The van der Waals surface area contributed by atoms with Crippen molar-refractivity contribution in [3.05, 3.63) is 35.4 Å². The Labute approximate surface area is 121 Å². The molecule has 1 amide bonds. The first-order valence-electron chi connectivity index (χ1n) is 6.52. The van der Waals surface area contributed by atoms with E-state index in [0.717, 1.165) is 11.1 Å². The van der Waals surface area contributed by atoms with Crippen molar-refractivity contribution in [2.75, 3.05) is 0 Å². The Morgan fingerprint density at radius 1 is 1.24 bits per heavy atom. The Kier molecular flexibility index (Phi) is 4.54. The first kappa shape index (κ1) is 15.0. The second-order valence-electron chi connectivity index (χ2n) is 4.90. The lowest BCUT2D eigenvalue weighted by molar-refractivity contribution is -0.147. The Balaban J connectivity index is 2.01. The number of carbonyl (C=O) groups excluding carboxylic acids is 1. The van der Waals surface area contributed by atoms with Gasteiger partial charge >= 0.3 is 11.9 Å². The van der Waals surface area contributed by atoms with Crippen molar-refractivity contribution in [1.82, 2.24) is 10.6 Å². The Morgan fingerprint density at radius 2 is 1.90 bits per heavy atom. The highest BCUT2D eigenvalue weighted by Gasteiger charge is 2.29. The second-order valence-corrected chi connectivity index (χ2v) is 4.90. The lowest BCUT2D eigenvalue weighted by Crippen LogP contribution is -2.52. The summed E-state index contributed by atoms with van der Waals surface area (Å²) in [6, 6.07) is 5.69. The molecule has 2 atom stereocenters. The van der Waals surface area contributed by atoms with Gasteiger partial charge in [0.2, 0.25) is 5.91 Å². The summed E-state index contributed by atoms with van der Waals surface area (Å²) in [5, 5.41) is 22.9. The summed E-state index contributed by atoms with van der Waals surface area (Å²) in [7, 11) is 0. The normalized spacial score (nSPS) is 18.4. The van der Waals surface area contributed by atoms with Crippen LogP contribution in [0.25, 0.3) is 0 Å². The van der Waals surface area contributed by atoms with E-state index in [-0.39, 0.29) is 0 Å². The number of carbonyl (C=O) groups is 3. The number of hydrogen-bond acceptors (Lipinski definition) is 4. The quantitative estimate of drug-likeness (QED) is 0.594. The lowest BCUT2D eigenvalue weighted by Gasteiger charge is -2.26. The average Bonchev–Trinajstić information content (AvgIpc) is 2.45. The Morgan fingerprint density at radius 3 is 2.52 bits per heavy atom. The van der Waals surface area contributed by atoms with E-state index in [4.69, 9.17) is 10.2 Å². The van der Waals surface area contributed by atoms with Crippen molar-refractivity contribution in [2.24, 2.45) is 0 Å². The van der Waals surface area contributed by atoms with Crippen LogP contribution in [0.2, 0.25) is 0 Å². The molecule has 0 saturated heterocycles. The lowest BCUT2D eigenvalue weighted by atomic mass is 9.95. The molecule has 1 heterocycles. The molecule has 7 heteroatoms. The topological polar surface area (TPSA) is 116 Å². The van der Waals surface area contributed by atoms with Crippen LogP contribution in [-0.2, 0) is 27.3 Å². The molecule has 1 aromatic carbocycles. The van der Waals surface area contributed by atoms with Crippen molar-refractivity contribution in [1.29, 1.82) is 0 Å². The van der Waals surface area contributed by atoms with Crippen molar-refractivity contribution in [2.45, 2.75) is 31.5 Å². The maximum Gasteiger partial charge on any atom is 0.326 e. The molecule has 0 aliphatic carbocycles. The molecule has 112 valence electrons. The van der Waals surface area contributed by atoms with Gasteiger partial charge in [0.05, 0.1) is 12.5 Å². The van der Waals surface area contributed by atoms with E-state index in [0.29, 0.717) is 13.0 Å². The predicted octanol–water partition coefficient (Wildman–Crippen LogP) is -0.255. The molecular formula is C14H16N2O5. The van der Waals surface area contributed by atoms with Crippen molar-refractivity contribution in [3.8, 4) is 0 Å². The zero-order valence-electron chi connectivity index (χ0n) is 11.2. The van der Waals surface area contributed by atoms with Gasteiger partial charge in [-0.15, -0.1) is 0 Å². The average molecular weight is 292 g/mol. The highest BCUT2D eigenvalue weighted by atomic mass is 16.4. The summed E-state index contributed by atoms with van der Waals surface area (Å²) in [5.41, 5.74) is 2.13. The van der Waals surface area contributed by atoms with Gasteiger partial charge < -0.3 is 20.8 Å². The van der Waals surface area contributed by atoms with Crippen LogP contribution in [0.1, 0.15) is 17.5 Å². The minimum absolute atomic E-state index is 0.446. The zero-order valence-corrected chi connectivity index (χ0v) is 11.2. The van der Waals surface area contributed by atoms with Crippen LogP contribution >= 0.6 is 0 Å². The molecule has 1 aliphatic rings. The van der Waals surface area contributed by atoms with E-state index in [2.05, 4.69) is 10.6 Å². The number of carboxylic acid groups (broad SMARTS) is 2. The molecule has 0 bridgehead atoms. The van der Waals surface area contributed by atoms with Crippen LogP contribution in [-0.4, -0.2) is 40.1 Å². The highest BCUT2D eigenvalue weighted by Crippen LogP contribution is 2.16. The summed E-state index contributed by atoms with van der Waals surface area (Å²) in [4.78, 5) is 33.6. The standard InChI is InChI=1S/C14H16N2O5/c17-12(18)6-11(14(20)21)16-13(19)10-5-8-3-1-2-4-9(8)7-15-10/h1-4,10-11,15H,5-7H2,(H,16,19)(H,17,18)(H,20,21)/t10-,11?/m0/s1. The minimum Gasteiger partial charge on any atom is -0.481 e. The SMILES string of the molecule is O=C(O)CC(NC(=O)[C@@H]1Cc2ccccc2CN1)C(=O)O. The van der Waals surface area contributed by atoms with Crippen molar-refractivity contribution < 1.29 is 24.6 Å². The second kappa shape index (κ2) is 6.36. The molecule has 4 N–H and O–H groups in total. The minimum atomic E-state index is -1.42. The van der Waals surface area contributed by atoms with Crippen molar-refractivity contribution >= 4 is 17.8 Å². The van der Waals surface area contributed by atoms with Crippen LogP contribution in [0.4, 0.5) is 0 Å². The highest BCUT2D eigenvalue weighted by molar-refractivity contribution is 5.89. The molecule has 0 fully saturated rings. The molecule has 0 spiro atoms. The number of benzene rings is 1. The molecule has 7 nitrogen and oxygen atoms in total. The van der Waals surface area contributed by atoms with Crippen LogP contribution in [0.5, 0.6) is 0 Å². The number of aliphatic carboxylic acids is 2. The van der Waals surface area contributed by atoms with E-state index in [9.17, 15) is 14.4 Å². The number of nitrogens with one attached hydrogen (secondary N) is 2. The fraction of sp³-hybridized carbons (Fsp3) is 0.357. The number of fused-ring (bicyclic) bond motifs is 1. The summed E-state index contributed by atoms with van der Waals surface area (Å²) in [6.45, 7) is 0.519. The monoisotopic (exact) mass is 292 g/mol. The Bertz CT molecular complexity index is 572. The van der Waals surface area contributed by atoms with Gasteiger partial charge in [-0.25, -0.2) is 4.79 Å². The number of rotatable bonds is 5. The summed E-state index contributed by atoms with van der Waals surface area (Å²) in [6.07, 6.45) is -0.203. The maximum atomic E-state index is 12.1. The van der Waals surface area contributed by atoms with Crippen LogP contribution < -0.4 is 10.6 Å². The molecule has 2 rings (SSSR count). The van der Waals surface area contributed by atoms with E-state index in [1.165, 1.54) is 0 Å². The van der Waals surface area contributed by atoms with Gasteiger partial charge in [-0.3, -0.25) is 9.59 Å². The van der Waals surface area contributed by atoms with Gasteiger partial charge in [0.15, 0.2) is 0 Å². The third-order valence-electron chi connectivity index (χ3n) is 3.39. The molecule has 1 aliphatic heterocycles. The number of carboxylic acids is 2. The summed E-state index contributed by atoms with van der Waals surface area (Å²) >= 11 is 0. The van der Waals surface area contributed by atoms with Gasteiger partial charge in [0.25, 0.3) is 0 Å². The maximum absolute atomic E-state index is 12.1. The number of amides is 1. The van der Waals surface area contributed by atoms with Crippen LogP contribution in [0, 0.1) is 0 Å². The zero-order chi connectivity index (χ0) is 15.4. The summed E-state index contributed by atoms with van der Waals surface area (Å²) in [5.74, 6) is -3.13. The molecule has 1 unspecified atom stereocenters. The van der Waals surface area contributed by atoms with E-state index < -0.39 is 36.4 Å². The largest absolute Gasteiger partial charge is 0.481 e. The third-order valence-corrected chi connectivity index (χ3v) is 3.39. The Hall–Kier alpha value is -2.41. The van der Waals surface area contributed by atoms with Crippen LogP contribution in [0.3, 0.4) is 0 Å². The molecule has 0 aromatic heterocycles. The predicted molar refractivity (Wildman–Crippen MR) is 72.6 cm³/mol. The smallest absolute Gasteiger partial charge is 0.326 e. The molecule has 0 radical (unpaired) electrons. The van der Waals surface area contributed by atoms with Gasteiger partial charge in [-0.2, -0.15) is 0 Å². The third kappa shape index (κ3) is 3.79. The van der Waals surface area contributed by atoms with Crippen molar-refractivity contribution in [3.63, 3.8) is 0 Å². The van der Waals surface area contributed by atoms with E-state index in [1.807, 2.05) is 24.3 Å². The first-order valence-corrected chi connectivity index (χ1v) is 6.52. The molecule has 21 heavy (non-hydrogen) atoms. The van der Waals surface area contributed by atoms with Gasteiger partial charge in [-0.1, -0.05) is 24.3 Å².